The van der Waals surface area contributed by atoms with E-state index in [2.05, 4.69) is 10.4 Å². The topological polar surface area (TPSA) is 72.9 Å². The Labute approximate surface area is 118 Å². The Morgan fingerprint density at radius 2 is 2.05 bits per heavy atom. The highest BCUT2D eigenvalue weighted by Gasteiger charge is 2.19. The molecule has 0 saturated carbocycles. The van der Waals surface area contributed by atoms with Crippen LogP contribution in [0.4, 0.5) is 0 Å². The van der Waals surface area contributed by atoms with Gasteiger partial charge in [-0.25, -0.2) is 4.68 Å². The average Bonchev–Trinajstić information content (AvgIpc) is 2.89. The predicted molar refractivity (Wildman–Crippen MR) is 78.3 cm³/mol. The van der Waals surface area contributed by atoms with E-state index >= 15 is 0 Å². The number of amides is 1. The van der Waals surface area contributed by atoms with Crippen molar-refractivity contribution in [3.63, 3.8) is 0 Å². The molecule has 2 aromatic rings. The van der Waals surface area contributed by atoms with E-state index < -0.39 is 0 Å². The number of carbonyl (C=O) groups is 1. The highest BCUT2D eigenvalue weighted by molar-refractivity contribution is 5.75. The van der Waals surface area contributed by atoms with E-state index in [4.69, 9.17) is 5.73 Å². The molecule has 0 atom stereocenters. The number of nitrogens with one attached hydrogen (secondary N) is 1. The molecule has 3 N–H and O–H groups in total. The van der Waals surface area contributed by atoms with Crippen LogP contribution in [-0.4, -0.2) is 21.2 Å². The largest absolute Gasteiger partial charge is 0.370 e. The van der Waals surface area contributed by atoms with Crippen molar-refractivity contribution in [1.82, 2.24) is 15.1 Å². The Morgan fingerprint density at radius 3 is 2.60 bits per heavy atom. The minimum Gasteiger partial charge on any atom is -0.370 e. The van der Waals surface area contributed by atoms with Gasteiger partial charge in [0.15, 0.2) is 0 Å². The van der Waals surface area contributed by atoms with Crippen molar-refractivity contribution >= 4 is 5.91 Å². The van der Waals surface area contributed by atoms with E-state index in [0.717, 1.165) is 11.3 Å². The van der Waals surface area contributed by atoms with Crippen LogP contribution in [0.5, 0.6) is 0 Å². The average molecular weight is 272 g/mol. The molecule has 20 heavy (non-hydrogen) atoms. The van der Waals surface area contributed by atoms with Crippen molar-refractivity contribution in [2.75, 3.05) is 0 Å². The predicted octanol–water partition coefficient (Wildman–Crippen LogP) is 1.62. The van der Waals surface area contributed by atoms with E-state index in [0.29, 0.717) is 13.0 Å². The van der Waals surface area contributed by atoms with Crippen molar-refractivity contribution in [1.29, 1.82) is 0 Å². The van der Waals surface area contributed by atoms with Crippen LogP contribution in [0.15, 0.2) is 42.7 Å². The highest BCUT2D eigenvalue weighted by Crippen LogP contribution is 2.12. The summed E-state index contributed by atoms with van der Waals surface area (Å²) in [6, 6.07) is 10.0. The molecule has 0 aliphatic heterocycles. The second kappa shape index (κ2) is 5.88. The maximum atomic E-state index is 11.0. The molecule has 106 valence electrons. The molecule has 0 fully saturated rings. The molecule has 1 aromatic heterocycles. The molecule has 0 aliphatic rings. The van der Waals surface area contributed by atoms with Crippen LogP contribution >= 0.6 is 0 Å². The molecule has 1 heterocycles. The van der Waals surface area contributed by atoms with Crippen LogP contribution in [0.2, 0.25) is 0 Å². The van der Waals surface area contributed by atoms with Gasteiger partial charge >= 0.3 is 0 Å². The van der Waals surface area contributed by atoms with E-state index in [1.54, 1.807) is 6.20 Å². The lowest BCUT2D eigenvalue weighted by atomic mass is 10.00. The third-order valence-electron chi connectivity index (χ3n) is 3.09. The van der Waals surface area contributed by atoms with Gasteiger partial charge in [0.05, 0.1) is 5.69 Å². The van der Waals surface area contributed by atoms with Gasteiger partial charge < -0.3 is 11.1 Å². The molecule has 0 radical (unpaired) electrons. The van der Waals surface area contributed by atoms with Gasteiger partial charge in [0.2, 0.25) is 5.91 Å². The van der Waals surface area contributed by atoms with Crippen LogP contribution in [0.1, 0.15) is 25.8 Å². The summed E-state index contributed by atoms with van der Waals surface area (Å²) in [4.78, 5) is 11.0. The molecule has 5 nitrogen and oxygen atoms in total. The zero-order chi connectivity index (χ0) is 14.6. The summed E-state index contributed by atoms with van der Waals surface area (Å²) in [5.41, 5.74) is 7.11. The maximum absolute atomic E-state index is 11.0. The fourth-order valence-electron chi connectivity index (χ4n) is 2.03. The normalized spacial score (nSPS) is 11.5. The van der Waals surface area contributed by atoms with Crippen molar-refractivity contribution in [2.45, 2.75) is 32.4 Å². The molecule has 0 aliphatic carbocycles. The van der Waals surface area contributed by atoms with Gasteiger partial charge in [-0.2, -0.15) is 5.10 Å². The van der Waals surface area contributed by atoms with Gasteiger partial charge in [-0.3, -0.25) is 4.79 Å². The molecule has 0 bridgehead atoms. The number of hydrogen-bond acceptors (Lipinski definition) is 3. The lowest BCUT2D eigenvalue weighted by Gasteiger charge is -2.24. The second-order valence-electron chi connectivity index (χ2n) is 5.50. The van der Waals surface area contributed by atoms with E-state index in [1.165, 1.54) is 0 Å². The second-order valence-corrected chi connectivity index (χ2v) is 5.50. The summed E-state index contributed by atoms with van der Waals surface area (Å²) in [6.45, 7) is 4.63. The first-order valence-corrected chi connectivity index (χ1v) is 6.59. The Morgan fingerprint density at radius 1 is 1.35 bits per heavy atom. The Hall–Kier alpha value is -2.14. The van der Waals surface area contributed by atoms with Gasteiger partial charge in [-0.1, -0.05) is 12.1 Å². The van der Waals surface area contributed by atoms with E-state index in [1.807, 2.05) is 55.1 Å². The van der Waals surface area contributed by atoms with Crippen molar-refractivity contribution in [3.8, 4) is 5.69 Å². The summed E-state index contributed by atoms with van der Waals surface area (Å²) in [5, 5.41) is 7.52. The van der Waals surface area contributed by atoms with Gasteiger partial charge in [0, 0.05) is 30.9 Å². The summed E-state index contributed by atoms with van der Waals surface area (Å²) in [5.74, 6) is -0.295. The highest BCUT2D eigenvalue weighted by atomic mass is 16.1. The maximum Gasteiger partial charge on any atom is 0.219 e. The first-order chi connectivity index (χ1) is 9.46. The summed E-state index contributed by atoms with van der Waals surface area (Å²) >= 11 is 0. The number of primary amides is 1. The Kier molecular flexibility index (Phi) is 4.20. The molecular weight excluding hydrogens is 252 g/mol. The fourth-order valence-corrected chi connectivity index (χ4v) is 2.03. The standard InChI is InChI=1S/C15H20N4O/c1-15(2,10-14(16)20)17-11-12-4-6-13(7-5-12)19-9-3-8-18-19/h3-9,17H,10-11H2,1-2H3,(H2,16,20). The molecular formula is C15H20N4O. The fraction of sp³-hybridized carbons (Fsp3) is 0.333. The van der Waals surface area contributed by atoms with Gasteiger partial charge in [-0.05, 0) is 37.6 Å². The lowest BCUT2D eigenvalue weighted by molar-refractivity contribution is -0.119. The molecule has 1 amide bonds. The number of carbonyl (C=O) groups excluding carboxylic acids is 1. The number of rotatable bonds is 6. The van der Waals surface area contributed by atoms with Crippen molar-refractivity contribution in [2.24, 2.45) is 5.73 Å². The molecule has 0 spiro atoms. The van der Waals surface area contributed by atoms with Gasteiger partial charge in [0.25, 0.3) is 0 Å². The molecule has 2 rings (SSSR count). The first-order valence-electron chi connectivity index (χ1n) is 6.59. The molecule has 0 saturated heterocycles. The third-order valence-corrected chi connectivity index (χ3v) is 3.09. The number of hydrogen-bond donors (Lipinski definition) is 2. The van der Waals surface area contributed by atoms with E-state index in [-0.39, 0.29) is 11.4 Å². The Balaban J connectivity index is 1.96. The number of nitrogens with zero attached hydrogens (tertiary/aromatic N) is 2. The molecule has 1 aromatic carbocycles. The quantitative estimate of drug-likeness (QED) is 0.839. The SMILES string of the molecule is CC(C)(CC(N)=O)NCc1ccc(-n2cccn2)cc1. The number of nitrogens with two attached hydrogens (primary N) is 1. The van der Waals surface area contributed by atoms with E-state index in [9.17, 15) is 4.79 Å². The molecule has 5 heteroatoms. The van der Waals surface area contributed by atoms with Crippen LogP contribution in [-0.2, 0) is 11.3 Å². The van der Waals surface area contributed by atoms with Crippen molar-refractivity contribution in [3.05, 3.63) is 48.3 Å². The molecule has 0 unspecified atom stereocenters. The number of benzene rings is 1. The monoisotopic (exact) mass is 272 g/mol. The van der Waals surface area contributed by atoms with Gasteiger partial charge in [-0.15, -0.1) is 0 Å². The van der Waals surface area contributed by atoms with Crippen LogP contribution < -0.4 is 11.1 Å². The first kappa shape index (κ1) is 14.3. The third kappa shape index (κ3) is 3.93. The summed E-state index contributed by atoms with van der Waals surface area (Å²) in [6.07, 6.45) is 3.98. The van der Waals surface area contributed by atoms with Crippen LogP contribution in [0, 0.1) is 0 Å². The smallest absolute Gasteiger partial charge is 0.219 e. The Bertz CT molecular complexity index is 558. The zero-order valence-corrected chi connectivity index (χ0v) is 11.8. The number of aromatic nitrogens is 2. The van der Waals surface area contributed by atoms with Crippen LogP contribution in [0.3, 0.4) is 0 Å². The summed E-state index contributed by atoms with van der Waals surface area (Å²) < 4.78 is 1.81. The zero-order valence-electron chi connectivity index (χ0n) is 11.8. The summed E-state index contributed by atoms with van der Waals surface area (Å²) in [7, 11) is 0. The van der Waals surface area contributed by atoms with Crippen molar-refractivity contribution < 1.29 is 4.79 Å². The lowest BCUT2D eigenvalue weighted by Crippen LogP contribution is -2.42. The van der Waals surface area contributed by atoms with Gasteiger partial charge in [0.1, 0.15) is 0 Å². The minimum atomic E-state index is -0.299. The van der Waals surface area contributed by atoms with Crippen LogP contribution in [0.25, 0.3) is 5.69 Å². The minimum absolute atomic E-state index is 0.295.